The van der Waals surface area contributed by atoms with Crippen molar-refractivity contribution in [1.82, 2.24) is 9.99 Å². The van der Waals surface area contributed by atoms with Gasteiger partial charge in [-0.25, -0.2) is 9.99 Å². The number of hydrogen-bond acceptors (Lipinski definition) is 3. The van der Waals surface area contributed by atoms with Crippen LogP contribution in [0.2, 0.25) is 0 Å². The molecular formula is C11H12BrN3. The number of pyridine rings is 1. The fourth-order valence-corrected chi connectivity index (χ4v) is 1.97. The van der Waals surface area contributed by atoms with Crippen LogP contribution in [0.3, 0.4) is 0 Å². The maximum absolute atomic E-state index is 4.31. The molecule has 0 aliphatic rings. The highest BCUT2D eigenvalue weighted by atomic mass is 79.9. The highest BCUT2D eigenvalue weighted by Gasteiger charge is 2.04. The first-order chi connectivity index (χ1) is 7.18. The Morgan fingerprint density at radius 3 is 2.73 bits per heavy atom. The minimum absolute atomic E-state index is 0.874. The van der Waals surface area contributed by atoms with Crippen LogP contribution in [0.25, 0.3) is 10.8 Å². The predicted octanol–water partition coefficient (Wildman–Crippen LogP) is 2.89. The molecule has 78 valence electrons. The summed E-state index contributed by atoms with van der Waals surface area (Å²) in [6.45, 7) is 0. The number of nitrogens with one attached hydrogen (secondary N) is 1. The minimum atomic E-state index is 0.874. The Morgan fingerprint density at radius 2 is 2.00 bits per heavy atom. The predicted molar refractivity (Wildman–Crippen MR) is 66.8 cm³/mol. The number of hydrogen-bond donors (Lipinski definition) is 1. The summed E-state index contributed by atoms with van der Waals surface area (Å²) >= 11 is 3.53. The lowest BCUT2D eigenvalue weighted by molar-refractivity contribution is 0.493. The lowest BCUT2D eigenvalue weighted by Gasteiger charge is -2.14. The lowest BCUT2D eigenvalue weighted by atomic mass is 10.2. The summed E-state index contributed by atoms with van der Waals surface area (Å²) in [6, 6.07) is 8.09. The van der Waals surface area contributed by atoms with E-state index >= 15 is 0 Å². The molecule has 1 N–H and O–H groups in total. The van der Waals surface area contributed by atoms with Crippen LogP contribution in [-0.4, -0.2) is 24.1 Å². The van der Waals surface area contributed by atoms with E-state index < -0.39 is 0 Å². The molecule has 0 spiro atoms. The number of hydrazine groups is 1. The summed E-state index contributed by atoms with van der Waals surface area (Å²) in [5.41, 5.74) is 3.18. The molecule has 1 aromatic carbocycles. The molecule has 0 radical (unpaired) electrons. The van der Waals surface area contributed by atoms with Crippen LogP contribution in [0.4, 0.5) is 5.82 Å². The van der Waals surface area contributed by atoms with Crippen molar-refractivity contribution in [2.45, 2.75) is 0 Å². The molecule has 0 saturated heterocycles. The molecule has 1 heterocycles. The third-order valence-electron chi connectivity index (χ3n) is 2.08. The third-order valence-corrected chi connectivity index (χ3v) is 2.77. The molecule has 0 fully saturated rings. The van der Waals surface area contributed by atoms with E-state index in [1.54, 1.807) is 6.20 Å². The van der Waals surface area contributed by atoms with Crippen molar-refractivity contribution in [3.63, 3.8) is 0 Å². The Hall–Kier alpha value is -1.13. The van der Waals surface area contributed by atoms with Gasteiger partial charge in [-0.3, -0.25) is 0 Å². The van der Waals surface area contributed by atoms with Gasteiger partial charge < -0.3 is 5.43 Å². The van der Waals surface area contributed by atoms with Gasteiger partial charge in [0, 0.05) is 35.5 Å². The highest BCUT2D eigenvalue weighted by molar-refractivity contribution is 9.10. The monoisotopic (exact) mass is 265 g/mol. The van der Waals surface area contributed by atoms with Gasteiger partial charge in [-0.05, 0) is 12.1 Å². The van der Waals surface area contributed by atoms with E-state index in [1.807, 2.05) is 37.3 Å². The van der Waals surface area contributed by atoms with Crippen LogP contribution in [0, 0.1) is 0 Å². The van der Waals surface area contributed by atoms with Gasteiger partial charge in [0.25, 0.3) is 0 Å². The summed E-state index contributed by atoms with van der Waals surface area (Å²) < 4.78 is 1.09. The maximum atomic E-state index is 4.31. The number of nitrogens with zero attached hydrogens (tertiary/aromatic N) is 2. The van der Waals surface area contributed by atoms with E-state index in [-0.39, 0.29) is 0 Å². The summed E-state index contributed by atoms with van der Waals surface area (Å²) in [5, 5.41) is 4.15. The van der Waals surface area contributed by atoms with E-state index in [0.717, 1.165) is 21.1 Å². The number of aromatic nitrogens is 1. The van der Waals surface area contributed by atoms with E-state index in [9.17, 15) is 0 Å². The van der Waals surface area contributed by atoms with Gasteiger partial charge in [0.1, 0.15) is 5.82 Å². The molecule has 0 aliphatic carbocycles. The summed E-state index contributed by atoms with van der Waals surface area (Å²) in [7, 11) is 3.89. The van der Waals surface area contributed by atoms with Crippen molar-refractivity contribution in [3.05, 3.63) is 34.9 Å². The van der Waals surface area contributed by atoms with Crippen LogP contribution < -0.4 is 5.43 Å². The Balaban J connectivity index is 2.61. The van der Waals surface area contributed by atoms with Crippen molar-refractivity contribution in [2.75, 3.05) is 19.5 Å². The van der Waals surface area contributed by atoms with Crippen molar-refractivity contribution in [1.29, 1.82) is 0 Å². The van der Waals surface area contributed by atoms with Crippen LogP contribution in [0.15, 0.2) is 34.9 Å². The molecule has 1 aromatic heterocycles. The minimum Gasteiger partial charge on any atom is -0.303 e. The molecular weight excluding hydrogens is 254 g/mol. The maximum Gasteiger partial charge on any atom is 0.148 e. The van der Waals surface area contributed by atoms with Crippen molar-refractivity contribution in [3.8, 4) is 0 Å². The van der Waals surface area contributed by atoms with Gasteiger partial charge in [-0.15, -0.1) is 0 Å². The Morgan fingerprint density at radius 1 is 1.20 bits per heavy atom. The highest BCUT2D eigenvalue weighted by Crippen LogP contribution is 2.27. The largest absolute Gasteiger partial charge is 0.303 e. The first-order valence-corrected chi connectivity index (χ1v) is 5.45. The van der Waals surface area contributed by atoms with E-state index in [2.05, 4.69) is 32.4 Å². The van der Waals surface area contributed by atoms with Crippen molar-refractivity contribution in [2.24, 2.45) is 0 Å². The topological polar surface area (TPSA) is 28.2 Å². The molecule has 4 heteroatoms. The van der Waals surface area contributed by atoms with Gasteiger partial charge in [0.2, 0.25) is 0 Å². The number of fused-ring (bicyclic) bond motifs is 1. The quantitative estimate of drug-likeness (QED) is 0.847. The van der Waals surface area contributed by atoms with Crippen LogP contribution >= 0.6 is 15.9 Å². The lowest BCUT2D eigenvalue weighted by Crippen LogP contribution is -2.20. The standard InChI is InChI=1S/C11H12BrN3/c1-15(2)14-11-9-4-3-5-10(12)8(9)6-7-13-11/h3-7H,1-2H3,(H,13,14). The van der Waals surface area contributed by atoms with Gasteiger partial charge in [0.15, 0.2) is 0 Å². The zero-order chi connectivity index (χ0) is 10.8. The van der Waals surface area contributed by atoms with Crippen molar-refractivity contribution < 1.29 is 0 Å². The fourth-order valence-electron chi connectivity index (χ4n) is 1.47. The molecule has 0 amide bonds. The second-order valence-corrected chi connectivity index (χ2v) is 4.36. The zero-order valence-corrected chi connectivity index (χ0v) is 10.2. The van der Waals surface area contributed by atoms with E-state index in [0.29, 0.717) is 0 Å². The summed E-state index contributed by atoms with van der Waals surface area (Å²) in [5.74, 6) is 0.874. The fraction of sp³-hybridized carbons (Fsp3) is 0.182. The van der Waals surface area contributed by atoms with E-state index in [4.69, 9.17) is 0 Å². The first kappa shape index (κ1) is 10.4. The first-order valence-electron chi connectivity index (χ1n) is 4.65. The van der Waals surface area contributed by atoms with Gasteiger partial charge in [-0.2, -0.15) is 0 Å². The van der Waals surface area contributed by atoms with Crippen LogP contribution in [0.5, 0.6) is 0 Å². The average Bonchev–Trinajstić information content (AvgIpc) is 2.19. The number of anilines is 1. The zero-order valence-electron chi connectivity index (χ0n) is 8.66. The van der Waals surface area contributed by atoms with Gasteiger partial charge in [0.05, 0.1) is 0 Å². The Kier molecular flexibility index (Phi) is 2.88. The molecule has 0 atom stereocenters. The van der Waals surface area contributed by atoms with Gasteiger partial charge in [-0.1, -0.05) is 28.1 Å². The molecule has 15 heavy (non-hydrogen) atoms. The number of rotatable bonds is 2. The molecule has 0 aliphatic heterocycles. The Labute approximate surface area is 97.2 Å². The molecule has 0 unspecified atom stereocenters. The van der Waals surface area contributed by atoms with Crippen molar-refractivity contribution >= 4 is 32.5 Å². The molecule has 0 bridgehead atoms. The van der Waals surface area contributed by atoms with Gasteiger partial charge >= 0.3 is 0 Å². The smallest absolute Gasteiger partial charge is 0.148 e. The summed E-state index contributed by atoms with van der Waals surface area (Å²) in [4.78, 5) is 4.31. The normalized spacial score (nSPS) is 10.9. The molecule has 0 saturated carbocycles. The third kappa shape index (κ3) is 2.11. The van der Waals surface area contributed by atoms with E-state index in [1.165, 1.54) is 0 Å². The molecule has 2 aromatic rings. The average molecular weight is 266 g/mol. The second kappa shape index (κ2) is 4.16. The SMILES string of the molecule is CN(C)Nc1nccc2c(Br)cccc12. The Bertz CT molecular complexity index is 482. The number of halogens is 1. The van der Waals surface area contributed by atoms with Crippen LogP contribution in [0.1, 0.15) is 0 Å². The second-order valence-electron chi connectivity index (χ2n) is 3.50. The summed E-state index contributed by atoms with van der Waals surface area (Å²) in [6.07, 6.45) is 1.80. The molecule has 3 nitrogen and oxygen atoms in total. The molecule has 2 rings (SSSR count). The number of benzene rings is 1. The van der Waals surface area contributed by atoms with Crippen LogP contribution in [-0.2, 0) is 0 Å².